The van der Waals surface area contributed by atoms with Gasteiger partial charge in [-0.25, -0.2) is 0 Å². The molecule has 1 rings (SSSR count). The van der Waals surface area contributed by atoms with Gasteiger partial charge in [-0.1, -0.05) is 0 Å². The van der Waals surface area contributed by atoms with Gasteiger partial charge in [-0.15, -0.1) is 0 Å². The Kier molecular flexibility index (Phi) is 2.69. The largest absolute Gasteiger partial charge is 0.192 e. The molecule has 0 fully saturated rings. The van der Waals surface area contributed by atoms with Crippen LogP contribution >= 0.6 is 31.9 Å². The van der Waals surface area contributed by atoms with E-state index in [1.165, 1.54) is 0 Å². The van der Waals surface area contributed by atoms with Gasteiger partial charge in [0.05, 0.1) is 11.6 Å². The second kappa shape index (κ2) is 3.38. The molecular weight excluding hydrogens is 270 g/mol. The van der Waals surface area contributed by atoms with Crippen LogP contribution in [0.3, 0.4) is 0 Å². The number of aryl methyl sites for hydroxylation is 1. The van der Waals surface area contributed by atoms with Crippen LogP contribution in [0.5, 0.6) is 0 Å². The van der Waals surface area contributed by atoms with E-state index in [9.17, 15) is 0 Å². The van der Waals surface area contributed by atoms with E-state index >= 15 is 0 Å². The lowest BCUT2D eigenvalue weighted by Gasteiger charge is -2.00. The minimum absolute atomic E-state index is 0.678. The monoisotopic (exact) mass is 273 g/mol. The molecule has 1 nitrogen and oxygen atoms in total. The molecule has 1 aromatic rings. The first-order chi connectivity index (χ1) is 5.15. The minimum Gasteiger partial charge on any atom is -0.192 e. The zero-order valence-electron chi connectivity index (χ0n) is 5.86. The molecule has 0 saturated carbocycles. The van der Waals surface area contributed by atoms with Gasteiger partial charge in [-0.05, 0) is 56.5 Å². The molecule has 0 radical (unpaired) electrons. The van der Waals surface area contributed by atoms with Crippen LogP contribution < -0.4 is 0 Å². The average Bonchev–Trinajstić information content (AvgIpc) is 1.99. The third kappa shape index (κ3) is 1.82. The zero-order valence-corrected chi connectivity index (χ0v) is 9.03. The van der Waals surface area contributed by atoms with E-state index in [2.05, 4.69) is 37.9 Å². The van der Waals surface area contributed by atoms with Crippen LogP contribution in [0.1, 0.15) is 11.1 Å². The molecular formula is C8H5Br2N. The Hall–Kier alpha value is -0.330. The molecule has 0 N–H and O–H groups in total. The Labute approximate surface area is 82.3 Å². The van der Waals surface area contributed by atoms with E-state index in [1.54, 1.807) is 6.07 Å². The smallest absolute Gasteiger partial charge is 0.0992 e. The quantitative estimate of drug-likeness (QED) is 0.711. The van der Waals surface area contributed by atoms with Gasteiger partial charge >= 0.3 is 0 Å². The standard InChI is InChI=1S/C8H5Br2N/c1-5-2-6(4-11)3-7(9)8(5)10/h2-3H,1H3. The van der Waals surface area contributed by atoms with Crippen molar-refractivity contribution in [3.8, 4) is 6.07 Å². The molecule has 0 spiro atoms. The van der Waals surface area contributed by atoms with Gasteiger partial charge in [0.25, 0.3) is 0 Å². The summed E-state index contributed by atoms with van der Waals surface area (Å²) in [5.41, 5.74) is 1.74. The molecule has 0 aliphatic carbocycles. The maximum Gasteiger partial charge on any atom is 0.0992 e. The van der Waals surface area contributed by atoms with Crippen LogP contribution in [0.15, 0.2) is 21.1 Å². The first-order valence-electron chi connectivity index (χ1n) is 3.01. The summed E-state index contributed by atoms with van der Waals surface area (Å²) in [7, 11) is 0. The van der Waals surface area contributed by atoms with Crippen LogP contribution in [0.25, 0.3) is 0 Å². The van der Waals surface area contributed by atoms with Crippen molar-refractivity contribution in [2.45, 2.75) is 6.92 Å². The van der Waals surface area contributed by atoms with Crippen molar-refractivity contribution in [3.05, 3.63) is 32.2 Å². The molecule has 56 valence electrons. The predicted molar refractivity (Wildman–Crippen MR) is 51.3 cm³/mol. The Bertz CT molecular complexity index is 302. The minimum atomic E-state index is 0.678. The van der Waals surface area contributed by atoms with E-state index in [0.29, 0.717) is 5.56 Å². The number of nitrogens with zero attached hydrogens (tertiary/aromatic N) is 1. The molecule has 0 unspecified atom stereocenters. The van der Waals surface area contributed by atoms with Gasteiger partial charge in [0.15, 0.2) is 0 Å². The summed E-state index contributed by atoms with van der Waals surface area (Å²) < 4.78 is 1.94. The summed E-state index contributed by atoms with van der Waals surface area (Å²) in [6, 6.07) is 5.72. The molecule has 1 aromatic carbocycles. The lowest BCUT2D eigenvalue weighted by Crippen LogP contribution is -1.81. The fourth-order valence-electron chi connectivity index (χ4n) is 0.791. The predicted octanol–water partition coefficient (Wildman–Crippen LogP) is 3.39. The molecule has 0 saturated heterocycles. The fourth-order valence-corrected chi connectivity index (χ4v) is 1.58. The van der Waals surface area contributed by atoms with Gasteiger partial charge in [0.2, 0.25) is 0 Å². The highest BCUT2D eigenvalue weighted by Crippen LogP contribution is 2.27. The molecule has 0 aliphatic rings. The summed E-state index contributed by atoms with van der Waals surface area (Å²) >= 11 is 6.73. The number of halogens is 2. The normalized spacial score (nSPS) is 9.27. The Morgan fingerprint density at radius 3 is 2.45 bits per heavy atom. The Balaban J connectivity index is 3.35. The van der Waals surface area contributed by atoms with Gasteiger partial charge in [-0.2, -0.15) is 5.26 Å². The lowest BCUT2D eigenvalue weighted by molar-refractivity contribution is 1.37. The molecule has 0 amide bonds. The van der Waals surface area contributed by atoms with Crippen molar-refractivity contribution in [3.63, 3.8) is 0 Å². The summed E-state index contributed by atoms with van der Waals surface area (Å²) in [5.74, 6) is 0. The number of hydrogen-bond acceptors (Lipinski definition) is 1. The topological polar surface area (TPSA) is 23.8 Å². The third-order valence-corrected chi connectivity index (χ3v) is 3.55. The molecule has 3 heteroatoms. The van der Waals surface area contributed by atoms with Crippen LogP contribution in [0, 0.1) is 18.3 Å². The number of nitriles is 1. The molecule has 0 aliphatic heterocycles. The first-order valence-corrected chi connectivity index (χ1v) is 4.59. The molecule has 0 aromatic heterocycles. The number of hydrogen-bond donors (Lipinski definition) is 0. The second-order valence-corrected chi connectivity index (χ2v) is 3.85. The van der Waals surface area contributed by atoms with Crippen molar-refractivity contribution in [2.24, 2.45) is 0 Å². The van der Waals surface area contributed by atoms with Crippen LogP contribution in [0.2, 0.25) is 0 Å². The van der Waals surface area contributed by atoms with Gasteiger partial charge < -0.3 is 0 Å². The zero-order chi connectivity index (χ0) is 8.43. The Morgan fingerprint density at radius 1 is 1.36 bits per heavy atom. The lowest BCUT2D eigenvalue weighted by atomic mass is 10.2. The molecule has 0 heterocycles. The first kappa shape index (κ1) is 8.76. The highest BCUT2D eigenvalue weighted by molar-refractivity contribution is 9.13. The summed E-state index contributed by atoms with van der Waals surface area (Å²) in [6.07, 6.45) is 0. The second-order valence-electron chi connectivity index (χ2n) is 2.20. The van der Waals surface area contributed by atoms with Gasteiger partial charge in [0.1, 0.15) is 0 Å². The van der Waals surface area contributed by atoms with E-state index in [4.69, 9.17) is 5.26 Å². The summed E-state index contributed by atoms with van der Waals surface area (Å²) in [4.78, 5) is 0. The van der Waals surface area contributed by atoms with Crippen LogP contribution in [0.4, 0.5) is 0 Å². The van der Waals surface area contributed by atoms with E-state index in [0.717, 1.165) is 14.5 Å². The number of benzene rings is 1. The molecule has 0 bridgehead atoms. The van der Waals surface area contributed by atoms with Gasteiger partial charge in [0, 0.05) is 8.95 Å². The summed E-state index contributed by atoms with van der Waals surface area (Å²) in [6.45, 7) is 1.95. The Morgan fingerprint density at radius 2 is 2.00 bits per heavy atom. The van der Waals surface area contributed by atoms with Crippen molar-refractivity contribution in [2.75, 3.05) is 0 Å². The van der Waals surface area contributed by atoms with E-state index in [1.807, 2.05) is 13.0 Å². The van der Waals surface area contributed by atoms with Crippen LogP contribution in [-0.4, -0.2) is 0 Å². The van der Waals surface area contributed by atoms with Crippen molar-refractivity contribution in [1.82, 2.24) is 0 Å². The van der Waals surface area contributed by atoms with Crippen molar-refractivity contribution in [1.29, 1.82) is 5.26 Å². The third-order valence-electron chi connectivity index (χ3n) is 1.34. The molecule has 0 atom stereocenters. The highest BCUT2D eigenvalue weighted by atomic mass is 79.9. The van der Waals surface area contributed by atoms with Gasteiger partial charge in [-0.3, -0.25) is 0 Å². The number of rotatable bonds is 0. The van der Waals surface area contributed by atoms with Crippen molar-refractivity contribution >= 4 is 31.9 Å². The maximum absolute atomic E-state index is 8.59. The average molecular weight is 275 g/mol. The maximum atomic E-state index is 8.59. The highest BCUT2D eigenvalue weighted by Gasteiger charge is 2.01. The fraction of sp³-hybridized carbons (Fsp3) is 0.125. The van der Waals surface area contributed by atoms with Crippen molar-refractivity contribution < 1.29 is 0 Å². The SMILES string of the molecule is Cc1cc(C#N)cc(Br)c1Br. The molecule has 11 heavy (non-hydrogen) atoms. The van der Waals surface area contributed by atoms with Crippen LogP contribution in [-0.2, 0) is 0 Å². The van der Waals surface area contributed by atoms with E-state index in [-0.39, 0.29) is 0 Å². The summed E-state index contributed by atoms with van der Waals surface area (Å²) in [5, 5.41) is 8.59. The van der Waals surface area contributed by atoms with E-state index < -0.39 is 0 Å².